The van der Waals surface area contributed by atoms with Crippen LogP contribution in [0.15, 0.2) is 126 Å². The van der Waals surface area contributed by atoms with Crippen molar-refractivity contribution in [2.75, 3.05) is 12.8 Å². The Kier molecular flexibility index (Phi) is 11.3. The Hall–Kier alpha value is -4.04. The topological polar surface area (TPSA) is 92.8 Å². The van der Waals surface area contributed by atoms with Crippen molar-refractivity contribution in [3.05, 3.63) is 170 Å². The molecule has 2 atom stereocenters. The van der Waals surface area contributed by atoms with Crippen LogP contribution in [0, 0.1) is 0 Å². The van der Waals surface area contributed by atoms with Crippen molar-refractivity contribution in [2.24, 2.45) is 0 Å². The fourth-order valence-electron chi connectivity index (χ4n) is 6.47. The van der Waals surface area contributed by atoms with Gasteiger partial charge in [-0.2, -0.15) is 0 Å². The number of halogens is 2. The van der Waals surface area contributed by atoms with Crippen LogP contribution in [0.1, 0.15) is 43.7 Å². The molecule has 5 aromatic carbocycles. The van der Waals surface area contributed by atoms with Crippen molar-refractivity contribution in [2.45, 2.75) is 42.2 Å². The summed E-state index contributed by atoms with van der Waals surface area (Å²) < 4.78 is 30.1. The Bertz CT molecular complexity index is 2110. The summed E-state index contributed by atoms with van der Waals surface area (Å²) in [4.78, 5) is 29.9. The molecule has 11 heteroatoms. The molecular weight excluding hydrogens is 722 g/mol. The van der Waals surface area contributed by atoms with Crippen LogP contribution in [-0.4, -0.2) is 44.0 Å². The Morgan fingerprint density at radius 2 is 1.45 bits per heavy atom. The monoisotopic (exact) mass is 758 g/mol. The third-order valence-electron chi connectivity index (χ3n) is 9.14. The Morgan fingerprint density at radius 1 is 0.863 bits per heavy atom. The van der Waals surface area contributed by atoms with E-state index in [1.807, 2.05) is 66.7 Å². The van der Waals surface area contributed by atoms with Gasteiger partial charge in [0.15, 0.2) is 9.84 Å². The molecule has 1 amide bonds. The minimum Gasteiger partial charge on any atom is -0.459 e. The number of benzene rings is 5. The van der Waals surface area contributed by atoms with Gasteiger partial charge in [-0.25, -0.2) is 13.2 Å². The Balaban J connectivity index is 1.28. The highest BCUT2D eigenvalue weighted by Gasteiger charge is 2.39. The summed E-state index contributed by atoms with van der Waals surface area (Å²) in [6.45, 7) is 1.17. The third kappa shape index (κ3) is 8.22. The zero-order valence-electron chi connectivity index (χ0n) is 27.9. The predicted molar refractivity (Wildman–Crippen MR) is 205 cm³/mol. The summed E-state index contributed by atoms with van der Waals surface area (Å²) in [6.07, 6.45) is 1.65. The second-order valence-corrected chi connectivity index (χ2v) is 16.2. The van der Waals surface area contributed by atoms with Crippen molar-refractivity contribution < 1.29 is 22.7 Å². The molecule has 0 spiro atoms. The second kappa shape index (κ2) is 15.7. The summed E-state index contributed by atoms with van der Waals surface area (Å²) in [5.74, 6) is -1.32. The maximum Gasteiger partial charge on any atom is 0.329 e. The van der Waals surface area contributed by atoms with Crippen molar-refractivity contribution in [3.8, 4) is 0 Å². The Labute approximate surface area is 311 Å². The minimum atomic E-state index is -3.50. The van der Waals surface area contributed by atoms with Gasteiger partial charge in [0, 0.05) is 25.8 Å². The van der Waals surface area contributed by atoms with Gasteiger partial charge in [-0.15, -0.1) is 9.24 Å². The highest BCUT2D eigenvalue weighted by atomic mass is 35.5. The molecule has 1 unspecified atom stereocenters. The number of hydrogen-bond acceptors (Lipinski definition) is 6. The van der Waals surface area contributed by atoms with Crippen LogP contribution in [0.25, 0.3) is 0 Å². The van der Waals surface area contributed by atoms with Gasteiger partial charge in [-0.3, -0.25) is 9.69 Å². The molecular formula is C40H37Cl2N2O5PS. The summed E-state index contributed by atoms with van der Waals surface area (Å²) in [5.41, 5.74) is 5.33. The first-order chi connectivity index (χ1) is 24.4. The van der Waals surface area contributed by atoms with E-state index in [-0.39, 0.29) is 33.5 Å². The van der Waals surface area contributed by atoms with Gasteiger partial charge in [-0.05, 0) is 58.0 Å². The van der Waals surface area contributed by atoms with Crippen LogP contribution < -0.4 is 5.32 Å². The number of carbonyl (C=O) groups excluding carboxylic acids is 2. The van der Waals surface area contributed by atoms with Gasteiger partial charge in [0.2, 0.25) is 0 Å². The van der Waals surface area contributed by atoms with E-state index < -0.39 is 33.0 Å². The first-order valence-electron chi connectivity index (χ1n) is 16.4. The lowest BCUT2D eigenvalue weighted by atomic mass is 9.90. The quantitative estimate of drug-likeness (QED) is 0.110. The number of carbonyl (C=O) groups is 2. The fourth-order valence-corrected chi connectivity index (χ4v) is 8.53. The van der Waals surface area contributed by atoms with Crippen LogP contribution in [0.3, 0.4) is 0 Å². The van der Waals surface area contributed by atoms with E-state index in [2.05, 4.69) is 43.7 Å². The van der Waals surface area contributed by atoms with Gasteiger partial charge in [0.05, 0.1) is 25.8 Å². The maximum atomic E-state index is 14.0. The van der Waals surface area contributed by atoms with Crippen LogP contribution in [0.2, 0.25) is 10.0 Å². The van der Waals surface area contributed by atoms with Gasteiger partial charge >= 0.3 is 5.97 Å². The number of nitrogens with one attached hydrogen (secondary N) is 1. The van der Waals surface area contributed by atoms with E-state index in [9.17, 15) is 18.0 Å². The number of nitrogens with zero attached hydrogens (tertiary/aromatic N) is 1. The number of ether oxygens (including phenoxy) is 1. The van der Waals surface area contributed by atoms with Crippen molar-refractivity contribution in [1.29, 1.82) is 0 Å². The standard InChI is InChI=1S/C40H37Cl2N2O5PS/c1-51(47,48)32-19-11-14-28(22-32)23-35(39(46)49-26-27-12-5-2-6-13-27)43-38(45)36-34(41)24-29-25-44(21-20-33(29)37(36)42)40(50,30-15-7-3-8-16-30)31-17-9-4-10-18-31/h2-19,22,24,35H,20-21,23,25-26,50H2,1H3,(H,43,45)/t35-/m0/s1. The molecule has 51 heavy (non-hydrogen) atoms. The van der Waals surface area contributed by atoms with Gasteiger partial charge in [-0.1, -0.05) is 126 Å². The van der Waals surface area contributed by atoms with E-state index in [4.69, 9.17) is 27.9 Å². The SMILES string of the molecule is CS(=O)(=O)c1cccc(C[C@H](NC(=O)c2c(Cl)cc3c(c2Cl)CCN(C(P)(c2ccccc2)c2ccccc2)C3)C(=O)OCc2ccccc2)c1. The van der Waals surface area contributed by atoms with E-state index in [0.29, 0.717) is 25.1 Å². The number of sulfone groups is 1. The molecule has 1 aliphatic heterocycles. The van der Waals surface area contributed by atoms with E-state index in [0.717, 1.165) is 34.1 Å². The molecule has 1 aliphatic rings. The second-order valence-electron chi connectivity index (χ2n) is 12.6. The number of fused-ring (bicyclic) bond motifs is 1. The minimum absolute atomic E-state index is 0.00452. The zero-order valence-corrected chi connectivity index (χ0v) is 31.4. The first kappa shape index (κ1) is 36.7. The highest BCUT2D eigenvalue weighted by molar-refractivity contribution is 7.90. The molecule has 0 aromatic heterocycles. The molecule has 262 valence electrons. The number of hydrogen-bond donors (Lipinski definition) is 1. The van der Waals surface area contributed by atoms with Crippen LogP contribution in [-0.2, 0) is 50.6 Å². The molecule has 0 radical (unpaired) electrons. The highest BCUT2D eigenvalue weighted by Crippen LogP contribution is 2.46. The van der Waals surface area contributed by atoms with Crippen LogP contribution >= 0.6 is 32.4 Å². The zero-order chi connectivity index (χ0) is 36.2. The molecule has 0 fully saturated rings. The Morgan fingerprint density at radius 3 is 2.06 bits per heavy atom. The largest absolute Gasteiger partial charge is 0.459 e. The lowest BCUT2D eigenvalue weighted by molar-refractivity contribution is -0.147. The van der Waals surface area contributed by atoms with Crippen LogP contribution in [0.4, 0.5) is 0 Å². The molecule has 0 aliphatic carbocycles. The van der Waals surface area contributed by atoms with E-state index >= 15 is 0 Å². The predicted octanol–water partition coefficient (Wildman–Crippen LogP) is 7.62. The van der Waals surface area contributed by atoms with Crippen molar-refractivity contribution in [3.63, 3.8) is 0 Å². The van der Waals surface area contributed by atoms with Crippen molar-refractivity contribution >= 4 is 54.2 Å². The normalized spacial score (nSPS) is 14.0. The summed E-state index contributed by atoms with van der Waals surface area (Å²) >= 11 is 13.8. The average molecular weight is 760 g/mol. The maximum absolute atomic E-state index is 14.0. The van der Waals surface area contributed by atoms with Gasteiger partial charge < -0.3 is 10.1 Å². The molecule has 6 rings (SSSR count). The van der Waals surface area contributed by atoms with Gasteiger partial charge in [0.1, 0.15) is 12.6 Å². The molecule has 1 heterocycles. The molecule has 0 saturated carbocycles. The van der Waals surface area contributed by atoms with E-state index in [1.54, 1.807) is 18.2 Å². The van der Waals surface area contributed by atoms with Gasteiger partial charge in [0.25, 0.3) is 5.91 Å². The number of amides is 1. The summed E-state index contributed by atoms with van der Waals surface area (Å²) in [7, 11) is -0.439. The molecule has 0 saturated heterocycles. The number of esters is 1. The third-order valence-corrected chi connectivity index (χ3v) is 12.0. The molecule has 0 bridgehead atoms. The summed E-state index contributed by atoms with van der Waals surface area (Å²) in [6, 6.07) is 36.6. The molecule has 5 aromatic rings. The first-order valence-corrected chi connectivity index (χ1v) is 19.6. The summed E-state index contributed by atoms with van der Waals surface area (Å²) in [5, 5.41) is 2.65. The smallest absolute Gasteiger partial charge is 0.329 e. The molecule has 7 nitrogen and oxygen atoms in total. The fraction of sp³-hybridized carbons (Fsp3) is 0.200. The lowest BCUT2D eigenvalue weighted by Crippen LogP contribution is -2.45. The van der Waals surface area contributed by atoms with E-state index in [1.165, 1.54) is 12.1 Å². The van der Waals surface area contributed by atoms with Crippen molar-refractivity contribution in [1.82, 2.24) is 10.2 Å². The lowest BCUT2D eigenvalue weighted by Gasteiger charge is -2.45. The van der Waals surface area contributed by atoms with Crippen LogP contribution in [0.5, 0.6) is 0 Å². The molecule has 1 N–H and O–H groups in total. The average Bonchev–Trinajstić information content (AvgIpc) is 3.14. The number of rotatable bonds is 11.